The van der Waals surface area contributed by atoms with Gasteiger partial charge in [0, 0.05) is 0 Å². The maximum Gasteiger partial charge on any atom is 0.0990 e. The van der Waals surface area contributed by atoms with Gasteiger partial charge in [-0.05, 0) is 11.8 Å². The Morgan fingerprint density at radius 3 is 2.00 bits per heavy atom. The van der Waals surface area contributed by atoms with Crippen LogP contribution in [0.25, 0.3) is 0 Å². The van der Waals surface area contributed by atoms with Crippen molar-refractivity contribution in [2.75, 3.05) is 0 Å². The van der Waals surface area contributed by atoms with Crippen molar-refractivity contribution < 1.29 is 5.11 Å². The number of rotatable bonds is 1. The molecule has 41 valence electrons. The van der Waals surface area contributed by atoms with Gasteiger partial charge in [-0.1, -0.05) is 20.3 Å². The average Bonchev–Trinajstić information content (AvgIpc) is 2.17. The first kappa shape index (κ1) is 5.10. The Balaban J connectivity index is 2.24. The molecule has 1 saturated carbocycles. The summed E-state index contributed by atoms with van der Waals surface area (Å²) < 4.78 is 0. The third kappa shape index (κ3) is 0.653. The van der Waals surface area contributed by atoms with Gasteiger partial charge in [-0.2, -0.15) is 0 Å². The summed E-state index contributed by atoms with van der Waals surface area (Å²) >= 11 is 0. The molecule has 1 heteroatoms. The van der Waals surface area contributed by atoms with Crippen molar-refractivity contribution in [3.8, 4) is 0 Å². The van der Waals surface area contributed by atoms with Crippen molar-refractivity contribution in [1.29, 1.82) is 0 Å². The van der Waals surface area contributed by atoms with Crippen LogP contribution in [0.3, 0.4) is 0 Å². The van der Waals surface area contributed by atoms with E-state index in [0.717, 1.165) is 6.42 Å². The molecule has 0 bridgehead atoms. The van der Waals surface area contributed by atoms with E-state index >= 15 is 0 Å². The van der Waals surface area contributed by atoms with Crippen molar-refractivity contribution in [2.45, 2.75) is 26.4 Å². The van der Waals surface area contributed by atoms with Gasteiger partial charge in [0.1, 0.15) is 0 Å². The predicted octanol–water partition coefficient (Wildman–Crippen LogP) is 1.46. The largest absolute Gasteiger partial charge is 0.232 e. The van der Waals surface area contributed by atoms with Crippen molar-refractivity contribution >= 4 is 0 Å². The van der Waals surface area contributed by atoms with Gasteiger partial charge >= 0.3 is 0 Å². The minimum atomic E-state index is -0.218. The van der Waals surface area contributed by atoms with Crippen LogP contribution in [0, 0.1) is 11.8 Å². The Hall–Kier alpha value is -0.0400. The molecule has 0 saturated heterocycles. The van der Waals surface area contributed by atoms with Gasteiger partial charge in [-0.3, -0.25) is 0 Å². The highest BCUT2D eigenvalue weighted by molar-refractivity contribution is 4.92. The van der Waals surface area contributed by atoms with Gasteiger partial charge in [0.2, 0.25) is 0 Å². The molecular formula is C6H11O. The summed E-state index contributed by atoms with van der Waals surface area (Å²) in [6.07, 6.45) is 0.861. The van der Waals surface area contributed by atoms with Crippen LogP contribution in [0.1, 0.15) is 20.3 Å². The van der Waals surface area contributed by atoms with Crippen molar-refractivity contribution in [3.05, 3.63) is 0 Å². The molecule has 0 aromatic carbocycles. The highest BCUT2D eigenvalue weighted by Crippen LogP contribution is 2.40. The van der Waals surface area contributed by atoms with Gasteiger partial charge in [0.25, 0.3) is 0 Å². The zero-order valence-electron chi connectivity index (χ0n) is 4.85. The molecule has 7 heavy (non-hydrogen) atoms. The molecule has 0 aromatic rings. The van der Waals surface area contributed by atoms with E-state index in [2.05, 4.69) is 6.92 Å². The highest BCUT2D eigenvalue weighted by Gasteiger charge is 2.45. The molecule has 1 nitrogen and oxygen atoms in total. The zero-order chi connectivity index (χ0) is 5.44. The molecule has 1 rings (SSSR count). The van der Waals surface area contributed by atoms with E-state index in [0.29, 0.717) is 11.8 Å². The number of hydrogen-bond donors (Lipinski definition) is 0. The van der Waals surface area contributed by atoms with Crippen molar-refractivity contribution in [2.24, 2.45) is 11.8 Å². The Kier molecular flexibility index (Phi) is 1.08. The molecule has 0 heterocycles. The second-order valence-corrected chi connectivity index (χ2v) is 2.40. The van der Waals surface area contributed by atoms with E-state index in [4.69, 9.17) is 0 Å². The Morgan fingerprint density at radius 2 is 2.00 bits per heavy atom. The smallest absolute Gasteiger partial charge is 0.0990 e. The SMILES string of the molecule is CCC1C(C)C1[O]. The first-order valence-corrected chi connectivity index (χ1v) is 2.93. The van der Waals surface area contributed by atoms with E-state index in [1.807, 2.05) is 6.92 Å². The maximum atomic E-state index is 10.5. The molecule has 3 atom stereocenters. The summed E-state index contributed by atoms with van der Waals surface area (Å²) in [6, 6.07) is 0. The van der Waals surface area contributed by atoms with Crippen LogP contribution in [-0.2, 0) is 5.11 Å². The van der Waals surface area contributed by atoms with Crippen molar-refractivity contribution in [3.63, 3.8) is 0 Å². The molecule has 0 aliphatic heterocycles. The first-order valence-electron chi connectivity index (χ1n) is 2.93. The highest BCUT2D eigenvalue weighted by atomic mass is 16.3. The summed E-state index contributed by atoms with van der Waals surface area (Å²) in [4.78, 5) is 0. The van der Waals surface area contributed by atoms with Crippen molar-refractivity contribution in [1.82, 2.24) is 0 Å². The lowest BCUT2D eigenvalue weighted by Crippen LogP contribution is -1.77. The molecule has 1 aliphatic rings. The minimum absolute atomic E-state index is 0.218. The zero-order valence-corrected chi connectivity index (χ0v) is 4.85. The fraction of sp³-hybridized carbons (Fsp3) is 1.00. The second-order valence-electron chi connectivity index (χ2n) is 2.40. The lowest BCUT2D eigenvalue weighted by atomic mass is 10.3. The third-order valence-electron chi connectivity index (χ3n) is 1.95. The molecule has 3 unspecified atom stereocenters. The molecular weight excluding hydrogens is 88.1 g/mol. The minimum Gasteiger partial charge on any atom is -0.232 e. The lowest BCUT2D eigenvalue weighted by molar-refractivity contribution is 0.151. The van der Waals surface area contributed by atoms with Crippen LogP contribution in [0.2, 0.25) is 0 Å². The summed E-state index contributed by atoms with van der Waals surface area (Å²) in [7, 11) is 0. The average molecular weight is 99.2 g/mol. The van der Waals surface area contributed by atoms with E-state index < -0.39 is 0 Å². The van der Waals surface area contributed by atoms with Crippen LogP contribution in [0.15, 0.2) is 0 Å². The van der Waals surface area contributed by atoms with E-state index in [1.54, 1.807) is 0 Å². The van der Waals surface area contributed by atoms with E-state index in [9.17, 15) is 5.11 Å². The monoisotopic (exact) mass is 99.1 g/mol. The van der Waals surface area contributed by atoms with Gasteiger partial charge in [-0.15, -0.1) is 0 Å². The Morgan fingerprint density at radius 1 is 1.57 bits per heavy atom. The topological polar surface area (TPSA) is 19.9 Å². The Bertz CT molecular complexity index is 62.6. The summed E-state index contributed by atoms with van der Waals surface area (Å²) in [5, 5.41) is 10.5. The molecule has 0 spiro atoms. The second kappa shape index (κ2) is 1.48. The number of hydrogen-bond acceptors (Lipinski definition) is 0. The fourth-order valence-electron chi connectivity index (χ4n) is 1.11. The molecule has 0 aromatic heterocycles. The van der Waals surface area contributed by atoms with E-state index in [-0.39, 0.29) is 6.10 Å². The fourth-order valence-corrected chi connectivity index (χ4v) is 1.11. The van der Waals surface area contributed by atoms with Crippen LogP contribution in [0.4, 0.5) is 0 Å². The molecule has 1 radical (unpaired) electrons. The quantitative estimate of drug-likeness (QED) is 0.474. The summed E-state index contributed by atoms with van der Waals surface area (Å²) in [5.41, 5.74) is 0. The first-order chi connectivity index (χ1) is 3.27. The standard InChI is InChI=1S/C6H11O/c1-3-5-4(2)6(5)7/h4-6H,3H2,1-2H3. The van der Waals surface area contributed by atoms with Gasteiger partial charge in [-0.25, -0.2) is 5.11 Å². The van der Waals surface area contributed by atoms with Crippen LogP contribution in [-0.4, -0.2) is 6.10 Å². The van der Waals surface area contributed by atoms with Crippen LogP contribution < -0.4 is 0 Å². The maximum absolute atomic E-state index is 10.5. The predicted molar refractivity (Wildman–Crippen MR) is 27.4 cm³/mol. The third-order valence-corrected chi connectivity index (χ3v) is 1.95. The Labute approximate surface area is 44.4 Å². The van der Waals surface area contributed by atoms with Gasteiger partial charge in [0.05, 0.1) is 6.10 Å². The summed E-state index contributed by atoms with van der Waals surface area (Å²) in [5.74, 6) is 0.991. The molecule has 1 fully saturated rings. The van der Waals surface area contributed by atoms with E-state index in [1.165, 1.54) is 0 Å². The van der Waals surface area contributed by atoms with Gasteiger partial charge < -0.3 is 0 Å². The molecule has 0 amide bonds. The normalized spacial score (nSPS) is 49.3. The molecule has 1 aliphatic carbocycles. The van der Waals surface area contributed by atoms with Crippen LogP contribution in [0.5, 0.6) is 0 Å². The lowest BCUT2D eigenvalue weighted by Gasteiger charge is -1.78. The van der Waals surface area contributed by atoms with Gasteiger partial charge in [0.15, 0.2) is 0 Å². The summed E-state index contributed by atoms with van der Waals surface area (Å²) in [6.45, 7) is 4.12. The molecule has 0 N–H and O–H groups in total. The van der Waals surface area contributed by atoms with Crippen LogP contribution >= 0.6 is 0 Å².